The molecule has 0 bridgehead atoms. The highest BCUT2D eigenvalue weighted by atomic mass is 16.3. The summed E-state index contributed by atoms with van der Waals surface area (Å²) in [6.07, 6.45) is 40.8. The second kappa shape index (κ2) is 35.9. The molecule has 0 saturated carbocycles. The van der Waals surface area contributed by atoms with E-state index in [9.17, 15) is 20.1 Å². The Balaban J connectivity index is 3.58. The molecule has 0 radical (unpaired) electrons. The number of rotatable bonds is 36. The standard InChI is InChI=1S/C40H79NO4/c1-3-5-7-9-11-12-13-14-15-16-17-18-19-20-21-22-23-24-25-26-28-30-32-34-39(44)38(36-42)41-40(45)35-37(43)33-31-29-27-10-8-6-4-2/h32,34,37-39,42-44H,3-31,33,35-36H2,1-2H3,(H,41,45)/b34-32+. The van der Waals surface area contributed by atoms with Crippen LogP contribution in [0, 0.1) is 0 Å². The van der Waals surface area contributed by atoms with Crippen molar-refractivity contribution in [3.63, 3.8) is 0 Å². The lowest BCUT2D eigenvalue weighted by Crippen LogP contribution is -2.45. The van der Waals surface area contributed by atoms with Crippen LogP contribution >= 0.6 is 0 Å². The van der Waals surface area contributed by atoms with Gasteiger partial charge in [0.25, 0.3) is 0 Å². The van der Waals surface area contributed by atoms with E-state index < -0.39 is 18.2 Å². The number of aliphatic hydroxyl groups is 3. The second-order valence-electron chi connectivity index (χ2n) is 13.9. The van der Waals surface area contributed by atoms with Crippen molar-refractivity contribution in [1.29, 1.82) is 0 Å². The van der Waals surface area contributed by atoms with Gasteiger partial charge >= 0.3 is 0 Å². The Morgan fingerprint density at radius 1 is 0.556 bits per heavy atom. The molecule has 0 aromatic heterocycles. The van der Waals surface area contributed by atoms with Crippen LogP contribution in [-0.2, 0) is 4.79 Å². The third-order valence-electron chi connectivity index (χ3n) is 9.32. The van der Waals surface area contributed by atoms with Crippen molar-refractivity contribution >= 4 is 5.91 Å². The average Bonchev–Trinajstić information content (AvgIpc) is 3.03. The Hall–Kier alpha value is -0.910. The number of amides is 1. The summed E-state index contributed by atoms with van der Waals surface area (Å²) in [7, 11) is 0. The quantitative estimate of drug-likeness (QED) is 0.0406. The molecule has 268 valence electrons. The van der Waals surface area contributed by atoms with Gasteiger partial charge in [0.15, 0.2) is 0 Å². The maximum absolute atomic E-state index is 12.3. The summed E-state index contributed by atoms with van der Waals surface area (Å²) >= 11 is 0. The molecule has 0 aromatic carbocycles. The van der Waals surface area contributed by atoms with Crippen molar-refractivity contribution in [1.82, 2.24) is 5.32 Å². The Kier molecular flexibility index (Phi) is 35.2. The van der Waals surface area contributed by atoms with Crippen molar-refractivity contribution in [3.8, 4) is 0 Å². The maximum Gasteiger partial charge on any atom is 0.222 e. The second-order valence-corrected chi connectivity index (χ2v) is 13.9. The van der Waals surface area contributed by atoms with Gasteiger partial charge in [0.05, 0.1) is 31.3 Å². The molecular weight excluding hydrogens is 558 g/mol. The molecule has 0 fully saturated rings. The fourth-order valence-electron chi connectivity index (χ4n) is 6.22. The van der Waals surface area contributed by atoms with Gasteiger partial charge in [-0.05, 0) is 19.3 Å². The minimum absolute atomic E-state index is 0.0161. The minimum Gasteiger partial charge on any atom is -0.394 e. The summed E-state index contributed by atoms with van der Waals surface area (Å²) in [6.45, 7) is 4.17. The SMILES string of the molecule is CCCCCCCCCCCCCCCCCCCCCCC/C=C/C(O)C(CO)NC(=O)CC(O)CCCCCCCCC. The fraction of sp³-hybridized carbons (Fsp3) is 0.925. The molecule has 0 aliphatic carbocycles. The van der Waals surface area contributed by atoms with Crippen molar-refractivity contribution in [2.75, 3.05) is 6.61 Å². The normalized spacial score (nSPS) is 13.8. The molecule has 0 rings (SSSR count). The number of carbonyl (C=O) groups excluding carboxylic acids is 1. The van der Waals surface area contributed by atoms with E-state index in [1.54, 1.807) is 6.08 Å². The number of carbonyl (C=O) groups is 1. The lowest BCUT2D eigenvalue weighted by Gasteiger charge is -2.21. The number of unbranched alkanes of at least 4 members (excludes halogenated alkanes) is 27. The Bertz CT molecular complexity index is 625. The molecule has 3 atom stereocenters. The summed E-state index contributed by atoms with van der Waals surface area (Å²) in [5.41, 5.74) is 0. The van der Waals surface area contributed by atoms with Gasteiger partial charge < -0.3 is 20.6 Å². The fourth-order valence-corrected chi connectivity index (χ4v) is 6.22. The largest absolute Gasteiger partial charge is 0.394 e. The molecular formula is C40H79NO4. The summed E-state index contributed by atoms with van der Waals surface area (Å²) < 4.78 is 0. The van der Waals surface area contributed by atoms with Gasteiger partial charge in [-0.1, -0.05) is 199 Å². The number of hydrogen-bond donors (Lipinski definition) is 4. The van der Waals surface area contributed by atoms with Crippen molar-refractivity contribution in [2.45, 2.75) is 231 Å². The van der Waals surface area contributed by atoms with Crippen LogP contribution in [0.15, 0.2) is 12.2 Å². The molecule has 0 saturated heterocycles. The predicted molar refractivity (Wildman–Crippen MR) is 195 cm³/mol. The molecule has 4 N–H and O–H groups in total. The highest BCUT2D eigenvalue weighted by Crippen LogP contribution is 2.16. The van der Waals surface area contributed by atoms with Crippen molar-refractivity contribution < 1.29 is 20.1 Å². The van der Waals surface area contributed by atoms with E-state index in [4.69, 9.17) is 0 Å². The van der Waals surface area contributed by atoms with E-state index in [1.807, 2.05) is 6.08 Å². The van der Waals surface area contributed by atoms with Gasteiger partial charge in [0.2, 0.25) is 5.91 Å². The van der Waals surface area contributed by atoms with Gasteiger partial charge in [-0.15, -0.1) is 0 Å². The molecule has 0 aliphatic rings. The molecule has 45 heavy (non-hydrogen) atoms. The lowest BCUT2D eigenvalue weighted by molar-refractivity contribution is -0.124. The molecule has 0 aromatic rings. The molecule has 3 unspecified atom stereocenters. The highest BCUT2D eigenvalue weighted by Gasteiger charge is 2.20. The number of nitrogens with one attached hydrogen (secondary N) is 1. The summed E-state index contributed by atoms with van der Waals surface area (Å²) in [6, 6.07) is -0.737. The summed E-state index contributed by atoms with van der Waals surface area (Å²) in [4.78, 5) is 12.3. The predicted octanol–water partition coefficient (Wildman–Crippen LogP) is 10.9. The van der Waals surface area contributed by atoms with E-state index in [2.05, 4.69) is 19.2 Å². The zero-order chi connectivity index (χ0) is 33.1. The first kappa shape index (κ1) is 44.1. The Morgan fingerprint density at radius 3 is 1.29 bits per heavy atom. The molecule has 0 aliphatic heterocycles. The van der Waals surface area contributed by atoms with Crippen LogP contribution in [0.3, 0.4) is 0 Å². The average molecular weight is 638 g/mol. The van der Waals surface area contributed by atoms with Crippen molar-refractivity contribution in [2.24, 2.45) is 0 Å². The van der Waals surface area contributed by atoms with Crippen LogP contribution in [0.5, 0.6) is 0 Å². The van der Waals surface area contributed by atoms with Gasteiger partial charge in [-0.3, -0.25) is 4.79 Å². The number of hydrogen-bond acceptors (Lipinski definition) is 4. The maximum atomic E-state index is 12.3. The first-order valence-electron chi connectivity index (χ1n) is 20.0. The van der Waals surface area contributed by atoms with Crippen LogP contribution in [0.1, 0.15) is 213 Å². The van der Waals surface area contributed by atoms with Crippen LogP contribution in [-0.4, -0.2) is 46.1 Å². The zero-order valence-corrected chi connectivity index (χ0v) is 30.3. The van der Waals surface area contributed by atoms with Crippen molar-refractivity contribution in [3.05, 3.63) is 12.2 Å². The molecule has 5 nitrogen and oxygen atoms in total. The van der Waals surface area contributed by atoms with E-state index in [-0.39, 0.29) is 18.9 Å². The van der Waals surface area contributed by atoms with Gasteiger partial charge in [-0.2, -0.15) is 0 Å². The van der Waals surface area contributed by atoms with Crippen LogP contribution in [0.25, 0.3) is 0 Å². The van der Waals surface area contributed by atoms with Crippen LogP contribution in [0.4, 0.5) is 0 Å². The monoisotopic (exact) mass is 638 g/mol. The first-order chi connectivity index (χ1) is 22.0. The molecule has 5 heteroatoms. The van der Waals surface area contributed by atoms with Gasteiger partial charge in [0.1, 0.15) is 0 Å². The number of aliphatic hydroxyl groups excluding tert-OH is 3. The topological polar surface area (TPSA) is 89.8 Å². The minimum atomic E-state index is -0.922. The molecule has 0 spiro atoms. The lowest BCUT2D eigenvalue weighted by atomic mass is 10.0. The first-order valence-corrected chi connectivity index (χ1v) is 20.0. The van der Waals surface area contributed by atoms with E-state index >= 15 is 0 Å². The third kappa shape index (κ3) is 32.8. The summed E-state index contributed by atoms with van der Waals surface area (Å²) in [5.74, 6) is -0.318. The van der Waals surface area contributed by atoms with Gasteiger partial charge in [-0.25, -0.2) is 0 Å². The third-order valence-corrected chi connectivity index (χ3v) is 9.32. The number of allylic oxidation sites excluding steroid dienone is 1. The smallest absolute Gasteiger partial charge is 0.222 e. The molecule has 1 amide bonds. The Labute approximate surface area is 280 Å². The van der Waals surface area contributed by atoms with Crippen LogP contribution < -0.4 is 5.32 Å². The Morgan fingerprint density at radius 2 is 0.911 bits per heavy atom. The van der Waals surface area contributed by atoms with E-state index in [1.165, 1.54) is 161 Å². The highest BCUT2D eigenvalue weighted by molar-refractivity contribution is 5.76. The van der Waals surface area contributed by atoms with Gasteiger partial charge in [0, 0.05) is 0 Å². The summed E-state index contributed by atoms with van der Waals surface area (Å²) in [5, 5.41) is 32.9. The van der Waals surface area contributed by atoms with E-state index in [0.29, 0.717) is 6.42 Å². The van der Waals surface area contributed by atoms with Crippen LogP contribution in [0.2, 0.25) is 0 Å². The molecule has 0 heterocycles. The van der Waals surface area contributed by atoms with E-state index in [0.717, 1.165) is 25.7 Å². The zero-order valence-electron chi connectivity index (χ0n) is 30.3.